The highest BCUT2D eigenvalue weighted by Crippen LogP contribution is 1.86. The van der Waals surface area contributed by atoms with E-state index in [2.05, 4.69) is 9.98 Å². The van der Waals surface area contributed by atoms with E-state index in [1.807, 2.05) is 0 Å². The van der Waals surface area contributed by atoms with E-state index in [9.17, 15) is 4.39 Å². The lowest BCUT2D eigenvalue weighted by Gasteiger charge is -1.82. The van der Waals surface area contributed by atoms with E-state index in [1.54, 1.807) is 12.1 Å². The van der Waals surface area contributed by atoms with E-state index in [0.717, 1.165) is 0 Å². The summed E-state index contributed by atoms with van der Waals surface area (Å²) < 4.78 is 12.7. The number of hydrogen-bond acceptors (Lipinski definition) is 2. The predicted octanol–water partition coefficient (Wildman–Crippen LogP) is 0.0360. The molecule has 0 saturated carbocycles. The number of benzene rings is 1. The summed E-state index contributed by atoms with van der Waals surface area (Å²) in [6, 6.07) is 4.79. The van der Waals surface area contributed by atoms with Gasteiger partial charge in [0.1, 0.15) is 12.0 Å². The van der Waals surface area contributed by atoms with Crippen LogP contribution in [0, 0.1) is 5.82 Å². The van der Waals surface area contributed by atoms with Crippen LogP contribution in [0.15, 0.2) is 28.2 Å². The molecule has 10 heavy (non-hydrogen) atoms. The van der Waals surface area contributed by atoms with Crippen LogP contribution < -0.4 is 10.7 Å². The molecule has 3 heteroatoms. The third kappa shape index (κ3) is 0.635. The van der Waals surface area contributed by atoms with Crippen LogP contribution in [-0.2, 0) is 0 Å². The Hall–Kier alpha value is -1.25. The van der Waals surface area contributed by atoms with Gasteiger partial charge in [0.2, 0.25) is 0 Å². The van der Waals surface area contributed by atoms with Crippen LogP contribution in [0.2, 0.25) is 0 Å². The SMILES string of the molecule is Fc1cccc2c1=NCN=2. The number of hydrogen-bond donors (Lipinski definition) is 0. The lowest BCUT2D eigenvalue weighted by Crippen LogP contribution is -2.24. The van der Waals surface area contributed by atoms with Gasteiger partial charge in [0.25, 0.3) is 0 Å². The summed E-state index contributed by atoms with van der Waals surface area (Å²) in [7, 11) is 0. The summed E-state index contributed by atoms with van der Waals surface area (Å²) in [6.07, 6.45) is 0. The van der Waals surface area contributed by atoms with Gasteiger partial charge in [0, 0.05) is 0 Å². The van der Waals surface area contributed by atoms with Crippen LogP contribution >= 0.6 is 0 Å². The van der Waals surface area contributed by atoms with Crippen LogP contribution in [0.25, 0.3) is 0 Å². The van der Waals surface area contributed by atoms with Gasteiger partial charge in [0.15, 0.2) is 5.82 Å². The molecule has 0 aromatic heterocycles. The molecule has 0 atom stereocenters. The van der Waals surface area contributed by atoms with Crippen LogP contribution in [0.3, 0.4) is 0 Å². The fourth-order valence-corrected chi connectivity index (χ4v) is 0.970. The Bertz CT molecular complexity index is 370. The summed E-state index contributed by atoms with van der Waals surface area (Å²) >= 11 is 0. The maximum absolute atomic E-state index is 12.7. The number of fused-ring (bicyclic) bond motifs is 1. The van der Waals surface area contributed by atoms with Gasteiger partial charge >= 0.3 is 0 Å². The van der Waals surface area contributed by atoms with E-state index in [0.29, 0.717) is 17.4 Å². The van der Waals surface area contributed by atoms with E-state index < -0.39 is 0 Å². The molecular formula is C7H5FN2. The van der Waals surface area contributed by atoms with Crippen molar-refractivity contribution in [1.29, 1.82) is 0 Å². The summed E-state index contributed by atoms with van der Waals surface area (Å²) in [5.41, 5.74) is 0. The second-order valence-electron chi connectivity index (χ2n) is 2.07. The number of halogens is 1. The largest absolute Gasteiger partial charge is 0.260 e. The van der Waals surface area contributed by atoms with E-state index in [-0.39, 0.29) is 5.82 Å². The molecule has 0 fully saturated rings. The molecule has 0 amide bonds. The highest BCUT2D eigenvalue weighted by atomic mass is 19.1. The van der Waals surface area contributed by atoms with Gasteiger partial charge in [-0.1, -0.05) is 6.07 Å². The summed E-state index contributed by atoms with van der Waals surface area (Å²) in [6.45, 7) is 0.371. The molecule has 1 aliphatic heterocycles. The molecule has 1 heterocycles. The second-order valence-corrected chi connectivity index (χ2v) is 2.07. The van der Waals surface area contributed by atoms with Crippen molar-refractivity contribution in [3.8, 4) is 0 Å². The zero-order chi connectivity index (χ0) is 6.97. The molecule has 0 bridgehead atoms. The highest BCUT2D eigenvalue weighted by Gasteiger charge is 1.99. The average molecular weight is 136 g/mol. The minimum absolute atomic E-state index is 0.279. The van der Waals surface area contributed by atoms with Crippen molar-refractivity contribution in [3.63, 3.8) is 0 Å². The zero-order valence-electron chi connectivity index (χ0n) is 5.21. The minimum atomic E-state index is -0.279. The molecule has 2 rings (SSSR count). The Labute approximate surface area is 56.7 Å². The number of rotatable bonds is 0. The number of para-hydroxylation sites is 1. The van der Waals surface area contributed by atoms with Gasteiger partial charge < -0.3 is 0 Å². The van der Waals surface area contributed by atoms with Crippen molar-refractivity contribution >= 4 is 0 Å². The van der Waals surface area contributed by atoms with Crippen molar-refractivity contribution in [1.82, 2.24) is 0 Å². The fraction of sp³-hybridized carbons (Fsp3) is 0.143. The molecule has 0 aliphatic carbocycles. The van der Waals surface area contributed by atoms with Gasteiger partial charge in [-0.05, 0) is 12.1 Å². The maximum atomic E-state index is 12.7. The molecule has 1 aromatic carbocycles. The Morgan fingerprint density at radius 2 is 2.20 bits per heavy atom. The van der Waals surface area contributed by atoms with Gasteiger partial charge in [-0.15, -0.1) is 0 Å². The first kappa shape index (κ1) is 5.53. The average Bonchev–Trinajstić information content (AvgIpc) is 2.36. The van der Waals surface area contributed by atoms with Crippen molar-refractivity contribution in [2.24, 2.45) is 9.98 Å². The smallest absolute Gasteiger partial charge is 0.150 e. The molecule has 0 unspecified atom stereocenters. The maximum Gasteiger partial charge on any atom is 0.150 e. The molecule has 2 nitrogen and oxygen atoms in total. The molecule has 0 spiro atoms. The van der Waals surface area contributed by atoms with Crippen molar-refractivity contribution in [3.05, 3.63) is 34.7 Å². The second kappa shape index (κ2) is 1.87. The standard InChI is InChI=1S/C7H5FN2/c8-5-2-1-3-6-7(5)10-4-9-6/h1-3H,4H2. The normalized spacial score (nSPS) is 13.7. The lowest BCUT2D eigenvalue weighted by atomic mass is 10.3. The highest BCUT2D eigenvalue weighted by molar-refractivity contribution is 5.04. The molecule has 0 radical (unpaired) electrons. The molecule has 0 N–H and O–H groups in total. The Morgan fingerprint density at radius 1 is 1.30 bits per heavy atom. The molecule has 1 aliphatic rings. The Balaban J connectivity index is 2.97. The Kier molecular flexibility index (Phi) is 1.03. The Morgan fingerprint density at radius 3 is 3.00 bits per heavy atom. The zero-order valence-corrected chi connectivity index (χ0v) is 5.21. The van der Waals surface area contributed by atoms with E-state index >= 15 is 0 Å². The molecule has 0 saturated heterocycles. The van der Waals surface area contributed by atoms with Crippen LogP contribution in [0.5, 0.6) is 0 Å². The quantitative estimate of drug-likeness (QED) is 0.481. The van der Waals surface area contributed by atoms with Gasteiger partial charge in [0.05, 0.1) is 5.36 Å². The predicted molar refractivity (Wildman–Crippen MR) is 33.6 cm³/mol. The summed E-state index contributed by atoms with van der Waals surface area (Å²) in [5, 5.41) is 1.07. The first-order valence-electron chi connectivity index (χ1n) is 3.01. The molecule has 1 aromatic rings. The monoisotopic (exact) mass is 136 g/mol. The topological polar surface area (TPSA) is 24.7 Å². The van der Waals surface area contributed by atoms with Crippen LogP contribution in [0.1, 0.15) is 0 Å². The summed E-state index contributed by atoms with van der Waals surface area (Å²) in [4.78, 5) is 7.81. The molecular weight excluding hydrogens is 131 g/mol. The van der Waals surface area contributed by atoms with Gasteiger partial charge in [-0.2, -0.15) is 0 Å². The lowest BCUT2D eigenvalue weighted by molar-refractivity contribution is 0.611. The first-order chi connectivity index (χ1) is 4.88. The third-order valence-corrected chi connectivity index (χ3v) is 1.44. The third-order valence-electron chi connectivity index (χ3n) is 1.44. The number of nitrogens with zero attached hydrogens (tertiary/aromatic N) is 2. The van der Waals surface area contributed by atoms with Crippen LogP contribution in [-0.4, -0.2) is 6.67 Å². The van der Waals surface area contributed by atoms with Crippen molar-refractivity contribution < 1.29 is 4.39 Å². The van der Waals surface area contributed by atoms with Gasteiger partial charge in [-0.25, -0.2) is 4.39 Å². The van der Waals surface area contributed by atoms with Gasteiger partial charge in [-0.3, -0.25) is 9.98 Å². The fourth-order valence-electron chi connectivity index (χ4n) is 0.970. The van der Waals surface area contributed by atoms with Crippen molar-refractivity contribution in [2.45, 2.75) is 0 Å². The first-order valence-corrected chi connectivity index (χ1v) is 3.01. The molecule has 50 valence electrons. The van der Waals surface area contributed by atoms with Crippen LogP contribution in [0.4, 0.5) is 4.39 Å². The minimum Gasteiger partial charge on any atom is -0.260 e. The van der Waals surface area contributed by atoms with E-state index in [1.165, 1.54) is 6.07 Å². The van der Waals surface area contributed by atoms with Crippen molar-refractivity contribution in [2.75, 3.05) is 6.67 Å². The summed E-state index contributed by atoms with van der Waals surface area (Å²) in [5.74, 6) is -0.279. The van der Waals surface area contributed by atoms with E-state index in [4.69, 9.17) is 0 Å².